The van der Waals surface area contributed by atoms with Gasteiger partial charge in [0.15, 0.2) is 12.3 Å². The number of aromatic nitrogens is 2. The number of ether oxygens (including phenoxy) is 1. The van der Waals surface area contributed by atoms with Gasteiger partial charge >= 0.3 is 5.97 Å². The van der Waals surface area contributed by atoms with Gasteiger partial charge in [-0.25, -0.2) is 9.48 Å². The van der Waals surface area contributed by atoms with E-state index in [1.54, 1.807) is 0 Å². The van der Waals surface area contributed by atoms with E-state index in [1.165, 1.54) is 16.8 Å². The van der Waals surface area contributed by atoms with Crippen LogP contribution in [0.25, 0.3) is 0 Å². The summed E-state index contributed by atoms with van der Waals surface area (Å²) in [5, 5.41) is 16.0. The maximum Gasteiger partial charge on any atom is 0.359 e. The van der Waals surface area contributed by atoms with E-state index in [2.05, 4.69) is 16.5 Å². The second-order valence-corrected chi connectivity index (χ2v) is 6.51. The van der Waals surface area contributed by atoms with Crippen LogP contribution < -0.4 is 10.9 Å². The quantitative estimate of drug-likeness (QED) is 0.738. The van der Waals surface area contributed by atoms with Crippen molar-refractivity contribution >= 4 is 11.9 Å². The van der Waals surface area contributed by atoms with Crippen LogP contribution in [-0.4, -0.2) is 33.8 Å². The van der Waals surface area contributed by atoms with Gasteiger partial charge in [-0.1, -0.05) is 32.6 Å². The summed E-state index contributed by atoms with van der Waals surface area (Å²) in [5.41, 5.74) is -1.19. The van der Waals surface area contributed by atoms with Crippen LogP contribution in [0.15, 0.2) is 16.9 Å². The third-order valence-electron chi connectivity index (χ3n) is 4.43. The molecule has 0 unspecified atom stereocenters. The molecule has 26 heavy (non-hydrogen) atoms. The third kappa shape index (κ3) is 5.15. The van der Waals surface area contributed by atoms with Gasteiger partial charge in [-0.15, -0.1) is 0 Å². The number of hydrogen-bond acceptors (Lipinski definition) is 6. The lowest BCUT2D eigenvalue weighted by Gasteiger charge is -2.31. The number of nitrogens with one attached hydrogen (secondary N) is 1. The molecule has 1 aliphatic carbocycles. The zero-order chi connectivity index (χ0) is 19.0. The minimum atomic E-state index is -0.868. The molecule has 140 valence electrons. The van der Waals surface area contributed by atoms with Gasteiger partial charge in [0.25, 0.3) is 11.5 Å². The van der Waals surface area contributed by atoms with Gasteiger partial charge in [0, 0.05) is 12.6 Å². The van der Waals surface area contributed by atoms with Crippen LogP contribution in [0.2, 0.25) is 0 Å². The van der Waals surface area contributed by atoms with E-state index in [9.17, 15) is 19.6 Å². The van der Waals surface area contributed by atoms with Crippen LogP contribution in [0.3, 0.4) is 0 Å². The Morgan fingerprint density at radius 1 is 1.35 bits per heavy atom. The Balaban J connectivity index is 1.92. The highest BCUT2D eigenvalue weighted by Gasteiger charge is 2.33. The molecule has 1 heterocycles. The Morgan fingerprint density at radius 2 is 2.08 bits per heavy atom. The first-order chi connectivity index (χ1) is 12.5. The number of amides is 1. The summed E-state index contributed by atoms with van der Waals surface area (Å²) < 4.78 is 6.20. The van der Waals surface area contributed by atoms with Gasteiger partial charge in [-0.2, -0.15) is 10.4 Å². The summed E-state index contributed by atoms with van der Waals surface area (Å²) in [6, 6.07) is 4.71. The van der Waals surface area contributed by atoms with Gasteiger partial charge in [-0.3, -0.25) is 9.59 Å². The molecule has 0 saturated heterocycles. The highest BCUT2D eigenvalue weighted by molar-refractivity contribution is 5.89. The summed E-state index contributed by atoms with van der Waals surface area (Å²) in [4.78, 5) is 35.9. The Bertz CT molecular complexity index is 744. The lowest BCUT2D eigenvalue weighted by molar-refractivity contribution is -0.125. The number of esters is 1. The third-order valence-corrected chi connectivity index (χ3v) is 4.43. The molecule has 0 radical (unpaired) electrons. The Hall–Kier alpha value is -2.69. The highest BCUT2D eigenvalue weighted by Crippen LogP contribution is 2.27. The van der Waals surface area contributed by atoms with Crippen LogP contribution in [0.4, 0.5) is 0 Å². The largest absolute Gasteiger partial charge is 0.451 e. The Labute approximate surface area is 152 Å². The molecule has 1 amide bonds. The molecule has 1 aromatic rings. The number of aryl methyl sites for hydroxylation is 1. The minimum Gasteiger partial charge on any atom is -0.451 e. The molecule has 1 aromatic heterocycles. The predicted molar refractivity (Wildman–Crippen MR) is 93.3 cm³/mol. The van der Waals surface area contributed by atoms with E-state index >= 15 is 0 Å². The zero-order valence-corrected chi connectivity index (χ0v) is 15.0. The van der Waals surface area contributed by atoms with E-state index in [-0.39, 0.29) is 11.3 Å². The first-order valence-electron chi connectivity index (χ1n) is 8.97. The van der Waals surface area contributed by atoms with Gasteiger partial charge < -0.3 is 10.1 Å². The van der Waals surface area contributed by atoms with Crippen molar-refractivity contribution in [3.8, 4) is 6.07 Å². The maximum absolute atomic E-state index is 12.1. The van der Waals surface area contributed by atoms with Crippen molar-refractivity contribution in [1.29, 1.82) is 5.26 Å². The average Bonchev–Trinajstić information content (AvgIpc) is 2.66. The lowest BCUT2D eigenvalue weighted by Crippen LogP contribution is -2.50. The second kappa shape index (κ2) is 9.13. The molecular formula is C18H24N4O4. The van der Waals surface area contributed by atoms with Crippen LogP contribution in [0.5, 0.6) is 0 Å². The van der Waals surface area contributed by atoms with Crippen molar-refractivity contribution in [3.63, 3.8) is 0 Å². The summed E-state index contributed by atoms with van der Waals surface area (Å²) in [7, 11) is 0. The van der Waals surface area contributed by atoms with Crippen molar-refractivity contribution in [3.05, 3.63) is 28.2 Å². The second-order valence-electron chi connectivity index (χ2n) is 6.51. The van der Waals surface area contributed by atoms with Crippen LogP contribution in [0.1, 0.15) is 62.4 Å². The number of carbonyl (C=O) groups is 2. The Kier molecular flexibility index (Phi) is 6.89. The lowest BCUT2D eigenvalue weighted by atomic mass is 9.83. The molecule has 2 rings (SSSR count). The van der Waals surface area contributed by atoms with Crippen molar-refractivity contribution in [2.24, 2.45) is 0 Å². The van der Waals surface area contributed by atoms with Gasteiger partial charge in [0.1, 0.15) is 5.54 Å². The first-order valence-corrected chi connectivity index (χ1v) is 8.97. The normalized spacial score (nSPS) is 15.7. The molecule has 8 nitrogen and oxygen atoms in total. The van der Waals surface area contributed by atoms with Gasteiger partial charge in [0.05, 0.1) is 6.07 Å². The fourth-order valence-corrected chi connectivity index (χ4v) is 2.95. The van der Waals surface area contributed by atoms with Crippen molar-refractivity contribution < 1.29 is 14.3 Å². The summed E-state index contributed by atoms with van der Waals surface area (Å²) in [5.74, 6) is -1.29. The molecule has 1 saturated carbocycles. The number of nitriles is 1. The maximum atomic E-state index is 12.1. The van der Waals surface area contributed by atoms with E-state index < -0.39 is 24.0 Å². The predicted octanol–water partition coefficient (Wildman–Crippen LogP) is 1.54. The van der Waals surface area contributed by atoms with Crippen LogP contribution >= 0.6 is 0 Å². The van der Waals surface area contributed by atoms with Crippen LogP contribution in [0, 0.1) is 11.3 Å². The molecule has 1 aliphatic rings. The van der Waals surface area contributed by atoms with E-state index in [0.29, 0.717) is 19.4 Å². The summed E-state index contributed by atoms with van der Waals surface area (Å²) in [6.07, 6.45) is 5.69. The fraction of sp³-hybridized carbons (Fsp3) is 0.611. The molecule has 0 atom stereocenters. The topological polar surface area (TPSA) is 114 Å². The smallest absolute Gasteiger partial charge is 0.359 e. The molecule has 0 spiro atoms. The number of carbonyl (C=O) groups excluding carboxylic acids is 2. The zero-order valence-electron chi connectivity index (χ0n) is 15.0. The highest BCUT2D eigenvalue weighted by atomic mass is 16.5. The SMILES string of the molecule is CCCCn1nc(C(=O)OCC(=O)NC2(C#N)CCCCC2)ccc1=O. The standard InChI is InChI=1S/C18H24N4O4/c1-2-3-11-22-16(24)8-7-14(21-22)17(25)26-12-15(23)20-18(13-19)9-5-4-6-10-18/h7-8H,2-6,9-12H2,1H3,(H,20,23). The summed E-state index contributed by atoms with van der Waals surface area (Å²) in [6.45, 7) is 1.92. The average molecular weight is 360 g/mol. The number of unbranched alkanes of at least 4 members (excludes halogenated alkanes) is 1. The monoisotopic (exact) mass is 360 g/mol. The molecule has 0 aliphatic heterocycles. The molecule has 0 bridgehead atoms. The minimum absolute atomic E-state index is 0.0267. The Morgan fingerprint density at radius 3 is 2.73 bits per heavy atom. The number of nitrogens with zero attached hydrogens (tertiary/aromatic N) is 3. The van der Waals surface area contributed by atoms with Crippen molar-refractivity contribution in [2.45, 2.75) is 64.0 Å². The molecular weight excluding hydrogens is 336 g/mol. The summed E-state index contributed by atoms with van der Waals surface area (Å²) >= 11 is 0. The van der Waals surface area contributed by atoms with Gasteiger partial charge in [0.2, 0.25) is 0 Å². The van der Waals surface area contributed by atoms with E-state index in [0.717, 1.165) is 32.1 Å². The number of rotatable bonds is 7. The molecule has 1 fully saturated rings. The molecule has 1 N–H and O–H groups in total. The fourth-order valence-electron chi connectivity index (χ4n) is 2.95. The van der Waals surface area contributed by atoms with Crippen molar-refractivity contribution in [2.75, 3.05) is 6.61 Å². The van der Waals surface area contributed by atoms with Gasteiger partial charge in [-0.05, 0) is 25.3 Å². The first kappa shape index (κ1) is 19.6. The molecule has 0 aromatic carbocycles. The number of hydrogen-bond donors (Lipinski definition) is 1. The van der Waals surface area contributed by atoms with Crippen LogP contribution in [-0.2, 0) is 16.1 Å². The van der Waals surface area contributed by atoms with E-state index in [4.69, 9.17) is 4.74 Å². The van der Waals surface area contributed by atoms with E-state index in [1.807, 2.05) is 6.92 Å². The van der Waals surface area contributed by atoms with Crippen molar-refractivity contribution in [1.82, 2.24) is 15.1 Å². The molecule has 8 heteroatoms.